The molecule has 2 aromatic rings. The highest BCUT2D eigenvalue weighted by Gasteiger charge is 2.47. The molecule has 1 aliphatic heterocycles. The first-order chi connectivity index (χ1) is 11.6. The van der Waals surface area contributed by atoms with Crippen LogP contribution < -0.4 is 11.1 Å². The zero-order chi connectivity index (χ0) is 16.7. The molecule has 1 saturated carbocycles. The Morgan fingerprint density at radius 3 is 2.88 bits per heavy atom. The van der Waals surface area contributed by atoms with Gasteiger partial charge in [-0.05, 0) is 54.9 Å². The summed E-state index contributed by atoms with van der Waals surface area (Å²) in [7, 11) is 0. The maximum Gasteiger partial charge on any atom is 0.225 e. The van der Waals surface area contributed by atoms with Gasteiger partial charge in [-0.1, -0.05) is 12.1 Å². The van der Waals surface area contributed by atoms with Crippen molar-refractivity contribution in [2.45, 2.75) is 31.7 Å². The third-order valence-corrected chi connectivity index (χ3v) is 5.11. The Balaban J connectivity index is 1.72. The maximum atomic E-state index is 12.0. The van der Waals surface area contributed by atoms with Gasteiger partial charge in [0.2, 0.25) is 5.91 Å². The van der Waals surface area contributed by atoms with Crippen molar-refractivity contribution in [1.82, 2.24) is 10.2 Å². The molecule has 3 atom stereocenters. The van der Waals surface area contributed by atoms with E-state index in [4.69, 9.17) is 5.73 Å². The van der Waals surface area contributed by atoms with Gasteiger partial charge in [0, 0.05) is 18.0 Å². The van der Waals surface area contributed by atoms with Gasteiger partial charge >= 0.3 is 0 Å². The van der Waals surface area contributed by atoms with Crippen LogP contribution in [0.5, 0.6) is 5.75 Å². The van der Waals surface area contributed by atoms with Gasteiger partial charge in [-0.3, -0.25) is 4.79 Å². The average molecular weight is 324 g/mol. The van der Waals surface area contributed by atoms with E-state index in [0.717, 1.165) is 24.8 Å². The lowest BCUT2D eigenvalue weighted by atomic mass is 10.0. The fraction of sp³-hybridized carbons (Fsp3) is 0.389. The highest BCUT2D eigenvalue weighted by molar-refractivity contribution is 5.90. The van der Waals surface area contributed by atoms with Gasteiger partial charge in [0.1, 0.15) is 5.75 Å². The van der Waals surface area contributed by atoms with Crippen LogP contribution in [0.3, 0.4) is 0 Å². The monoisotopic (exact) mass is 324 g/mol. The molecule has 0 saturated heterocycles. The number of carbonyl (C=O) groups excluding carboxylic acids is 1. The SMILES string of the molecule is N[C@@H]1C2CCCC(=O)Nc3nnc(-c4ccccc4O)cc3CC21. The number of nitrogens with two attached hydrogens (primary N) is 1. The number of rotatable bonds is 1. The molecule has 1 fully saturated rings. The first-order valence-electron chi connectivity index (χ1n) is 8.34. The van der Waals surface area contributed by atoms with Crippen molar-refractivity contribution in [2.24, 2.45) is 17.6 Å². The molecule has 0 bridgehead atoms. The Morgan fingerprint density at radius 1 is 1.21 bits per heavy atom. The Labute approximate surface area is 140 Å². The van der Waals surface area contributed by atoms with Crippen LogP contribution in [0.1, 0.15) is 24.8 Å². The predicted molar refractivity (Wildman–Crippen MR) is 90.3 cm³/mol. The molecule has 2 aliphatic rings. The van der Waals surface area contributed by atoms with Gasteiger partial charge in [-0.25, -0.2) is 0 Å². The number of nitrogens with one attached hydrogen (secondary N) is 1. The predicted octanol–water partition coefficient (Wildman–Crippen LogP) is 2.09. The molecule has 0 radical (unpaired) electrons. The number of nitrogens with zero attached hydrogens (tertiary/aromatic N) is 2. The van der Waals surface area contributed by atoms with Crippen LogP contribution in [-0.2, 0) is 11.2 Å². The molecule has 24 heavy (non-hydrogen) atoms. The van der Waals surface area contributed by atoms with Crippen molar-refractivity contribution in [2.75, 3.05) is 5.32 Å². The minimum atomic E-state index is -0.0338. The second-order valence-corrected chi connectivity index (χ2v) is 6.67. The summed E-state index contributed by atoms with van der Waals surface area (Å²) in [6, 6.07) is 9.14. The average Bonchev–Trinajstić information content (AvgIpc) is 3.18. The van der Waals surface area contributed by atoms with Gasteiger partial charge in [-0.2, -0.15) is 0 Å². The van der Waals surface area contributed by atoms with Crippen LogP contribution in [0.25, 0.3) is 11.3 Å². The topological polar surface area (TPSA) is 101 Å². The minimum Gasteiger partial charge on any atom is -0.507 e. The van der Waals surface area contributed by atoms with E-state index in [2.05, 4.69) is 15.5 Å². The molecular formula is C18H20N4O2. The van der Waals surface area contributed by atoms with Crippen molar-refractivity contribution in [3.05, 3.63) is 35.9 Å². The van der Waals surface area contributed by atoms with E-state index in [1.54, 1.807) is 18.2 Å². The quantitative estimate of drug-likeness (QED) is 0.745. The number of phenols is 1. The lowest BCUT2D eigenvalue weighted by Gasteiger charge is -2.13. The van der Waals surface area contributed by atoms with E-state index in [-0.39, 0.29) is 17.7 Å². The molecule has 0 spiro atoms. The number of amides is 1. The third-order valence-electron chi connectivity index (χ3n) is 5.11. The van der Waals surface area contributed by atoms with Gasteiger partial charge in [-0.15, -0.1) is 10.2 Å². The lowest BCUT2D eigenvalue weighted by molar-refractivity contribution is -0.116. The highest BCUT2D eigenvalue weighted by atomic mass is 16.3. The van der Waals surface area contributed by atoms with Crippen molar-refractivity contribution in [1.29, 1.82) is 0 Å². The Bertz CT molecular complexity index is 792. The number of aromatic nitrogens is 2. The Kier molecular flexibility index (Phi) is 3.69. The summed E-state index contributed by atoms with van der Waals surface area (Å²) in [5.74, 6) is 1.56. The van der Waals surface area contributed by atoms with Gasteiger partial charge in [0.15, 0.2) is 5.82 Å². The lowest BCUT2D eigenvalue weighted by Crippen LogP contribution is -2.16. The van der Waals surface area contributed by atoms with E-state index in [0.29, 0.717) is 35.3 Å². The number of para-hydroxylation sites is 1. The molecule has 4 rings (SSSR count). The van der Waals surface area contributed by atoms with Crippen LogP contribution in [0.15, 0.2) is 30.3 Å². The van der Waals surface area contributed by atoms with E-state index in [1.807, 2.05) is 12.1 Å². The van der Waals surface area contributed by atoms with Crippen molar-refractivity contribution < 1.29 is 9.90 Å². The molecule has 2 heterocycles. The van der Waals surface area contributed by atoms with Crippen LogP contribution in [0.2, 0.25) is 0 Å². The molecule has 1 amide bonds. The van der Waals surface area contributed by atoms with Crippen molar-refractivity contribution >= 4 is 11.7 Å². The first kappa shape index (κ1) is 15.1. The second-order valence-electron chi connectivity index (χ2n) is 6.67. The van der Waals surface area contributed by atoms with E-state index >= 15 is 0 Å². The summed E-state index contributed by atoms with van der Waals surface area (Å²) in [6.07, 6.45) is 3.12. The summed E-state index contributed by atoms with van der Waals surface area (Å²) < 4.78 is 0. The largest absolute Gasteiger partial charge is 0.507 e. The van der Waals surface area contributed by atoms with E-state index in [9.17, 15) is 9.90 Å². The summed E-state index contributed by atoms with van der Waals surface area (Å²) in [6.45, 7) is 0. The second kappa shape index (κ2) is 5.87. The molecule has 4 N–H and O–H groups in total. The molecule has 6 heteroatoms. The molecule has 1 aromatic carbocycles. The van der Waals surface area contributed by atoms with Gasteiger partial charge in [0.05, 0.1) is 5.69 Å². The molecule has 1 aliphatic carbocycles. The number of aromatic hydroxyl groups is 1. The van der Waals surface area contributed by atoms with Gasteiger partial charge in [0.25, 0.3) is 0 Å². The maximum absolute atomic E-state index is 12.0. The van der Waals surface area contributed by atoms with Crippen molar-refractivity contribution in [3.63, 3.8) is 0 Å². The zero-order valence-electron chi connectivity index (χ0n) is 13.3. The number of hydrogen-bond acceptors (Lipinski definition) is 5. The Hall–Kier alpha value is -2.47. The van der Waals surface area contributed by atoms with E-state index in [1.165, 1.54) is 0 Å². The standard InChI is InChI=1S/C18H20N4O2/c19-17-11-5-3-7-16(24)20-18-10(8-13(11)17)9-14(21-22-18)12-4-1-2-6-15(12)23/h1-2,4,6,9,11,13,17,23H,3,5,7-8,19H2,(H,20,22,24)/t11?,13?,17-/m1/s1. The van der Waals surface area contributed by atoms with Crippen molar-refractivity contribution in [3.8, 4) is 17.0 Å². The molecular weight excluding hydrogens is 304 g/mol. The Morgan fingerprint density at radius 2 is 2.04 bits per heavy atom. The molecule has 2 unspecified atom stereocenters. The van der Waals surface area contributed by atoms with E-state index < -0.39 is 0 Å². The summed E-state index contributed by atoms with van der Waals surface area (Å²) in [4.78, 5) is 12.0. The summed E-state index contributed by atoms with van der Waals surface area (Å²) >= 11 is 0. The smallest absolute Gasteiger partial charge is 0.225 e. The zero-order valence-corrected chi connectivity index (χ0v) is 13.3. The molecule has 124 valence electrons. The third kappa shape index (κ3) is 2.73. The number of benzene rings is 1. The number of carbonyl (C=O) groups is 1. The van der Waals surface area contributed by atoms with Crippen LogP contribution in [0, 0.1) is 11.8 Å². The summed E-state index contributed by atoms with van der Waals surface area (Å²) in [5.41, 5.74) is 8.36. The first-order valence-corrected chi connectivity index (χ1v) is 8.34. The van der Waals surface area contributed by atoms with Gasteiger partial charge < -0.3 is 16.2 Å². The number of anilines is 1. The minimum absolute atomic E-state index is 0.0338. The fourth-order valence-electron chi connectivity index (χ4n) is 3.63. The fourth-order valence-corrected chi connectivity index (χ4v) is 3.63. The molecule has 6 nitrogen and oxygen atoms in total. The number of hydrogen-bond donors (Lipinski definition) is 3. The summed E-state index contributed by atoms with van der Waals surface area (Å²) in [5, 5.41) is 21.3. The van der Waals surface area contributed by atoms with Crippen LogP contribution in [-0.4, -0.2) is 27.3 Å². The van der Waals surface area contributed by atoms with Crippen LogP contribution >= 0.6 is 0 Å². The molecule has 1 aromatic heterocycles. The normalized spacial score (nSPS) is 26.0. The van der Waals surface area contributed by atoms with Crippen LogP contribution in [0.4, 0.5) is 5.82 Å². The number of fused-ring (bicyclic) bond motifs is 2. The highest BCUT2D eigenvalue weighted by Crippen LogP contribution is 2.45. The number of phenolic OH excluding ortho intramolecular Hbond substituents is 1.